The summed E-state index contributed by atoms with van der Waals surface area (Å²) in [7, 11) is 0. The summed E-state index contributed by atoms with van der Waals surface area (Å²) in [4.78, 5) is 2.55. The van der Waals surface area contributed by atoms with Crippen LogP contribution in [-0.4, -0.2) is 61.5 Å². The van der Waals surface area contributed by atoms with Gasteiger partial charge in [-0.2, -0.15) is 0 Å². The zero-order valence-corrected chi connectivity index (χ0v) is 14.2. The van der Waals surface area contributed by atoms with Crippen LogP contribution in [0.25, 0.3) is 0 Å². The molecule has 21 heavy (non-hydrogen) atoms. The van der Waals surface area contributed by atoms with Crippen molar-refractivity contribution >= 4 is 0 Å². The molecule has 0 aromatic carbocycles. The maximum Gasteiger partial charge on any atom is 0.0632 e. The Balaban J connectivity index is 1.87. The first-order chi connectivity index (χ1) is 9.91. The lowest BCUT2D eigenvalue weighted by Crippen LogP contribution is -2.46. The predicted octanol–water partition coefficient (Wildman–Crippen LogP) is 1.88. The first kappa shape index (κ1) is 17.2. The van der Waals surface area contributed by atoms with Gasteiger partial charge in [0.1, 0.15) is 0 Å². The molecule has 124 valence electrons. The largest absolute Gasteiger partial charge is 0.390 e. The second kappa shape index (κ2) is 7.40. The van der Waals surface area contributed by atoms with E-state index in [-0.39, 0.29) is 5.41 Å². The Morgan fingerprint density at radius 1 is 1.24 bits per heavy atom. The molecule has 2 aliphatic rings. The fourth-order valence-corrected chi connectivity index (χ4v) is 3.55. The van der Waals surface area contributed by atoms with Crippen molar-refractivity contribution in [2.75, 3.05) is 45.9 Å². The molecule has 0 aliphatic carbocycles. The molecule has 0 aromatic heterocycles. The van der Waals surface area contributed by atoms with Gasteiger partial charge in [-0.1, -0.05) is 13.8 Å². The lowest BCUT2D eigenvalue weighted by atomic mass is 9.86. The Kier molecular flexibility index (Phi) is 6.06. The summed E-state index contributed by atoms with van der Waals surface area (Å²) in [5.74, 6) is 0.692. The van der Waals surface area contributed by atoms with E-state index in [1.54, 1.807) is 0 Å². The smallest absolute Gasteiger partial charge is 0.0632 e. The number of aliphatic hydroxyl groups is 1. The second-order valence-corrected chi connectivity index (χ2v) is 7.95. The molecule has 2 aliphatic heterocycles. The van der Waals surface area contributed by atoms with Gasteiger partial charge in [-0.3, -0.25) is 0 Å². The van der Waals surface area contributed by atoms with Crippen molar-refractivity contribution in [3.8, 4) is 0 Å². The highest BCUT2D eigenvalue weighted by Crippen LogP contribution is 2.31. The maximum atomic E-state index is 10.2. The molecule has 2 unspecified atom stereocenters. The summed E-state index contributed by atoms with van der Waals surface area (Å²) in [6.07, 6.45) is 4.08. The van der Waals surface area contributed by atoms with E-state index in [9.17, 15) is 5.11 Å². The van der Waals surface area contributed by atoms with Crippen molar-refractivity contribution in [2.24, 2.45) is 11.3 Å². The third-order valence-electron chi connectivity index (χ3n) is 4.95. The van der Waals surface area contributed by atoms with Crippen LogP contribution in [0.4, 0.5) is 0 Å². The van der Waals surface area contributed by atoms with Crippen molar-refractivity contribution in [1.82, 2.24) is 10.2 Å². The van der Waals surface area contributed by atoms with Crippen molar-refractivity contribution in [1.29, 1.82) is 0 Å². The van der Waals surface area contributed by atoms with Gasteiger partial charge in [-0.15, -0.1) is 0 Å². The van der Waals surface area contributed by atoms with E-state index in [0.29, 0.717) is 5.92 Å². The van der Waals surface area contributed by atoms with Crippen LogP contribution in [0.1, 0.15) is 46.5 Å². The van der Waals surface area contributed by atoms with Crippen LogP contribution in [-0.2, 0) is 4.74 Å². The minimum atomic E-state index is -0.468. The SMILES string of the molecule is CC(C)CNCC1(CN2CCCC(C)(O)CC2)CCOC1. The number of hydrogen-bond acceptors (Lipinski definition) is 4. The van der Waals surface area contributed by atoms with Crippen LogP contribution < -0.4 is 5.32 Å². The summed E-state index contributed by atoms with van der Waals surface area (Å²) in [6.45, 7) is 13.6. The third-order valence-corrected chi connectivity index (χ3v) is 4.95. The van der Waals surface area contributed by atoms with Gasteiger partial charge in [0.05, 0.1) is 12.2 Å². The summed E-state index contributed by atoms with van der Waals surface area (Å²) >= 11 is 0. The average molecular weight is 298 g/mol. The number of nitrogens with zero attached hydrogens (tertiary/aromatic N) is 1. The van der Waals surface area contributed by atoms with E-state index in [2.05, 4.69) is 24.1 Å². The van der Waals surface area contributed by atoms with E-state index < -0.39 is 5.60 Å². The molecule has 4 heteroatoms. The summed E-state index contributed by atoms with van der Waals surface area (Å²) in [6, 6.07) is 0. The highest BCUT2D eigenvalue weighted by Gasteiger charge is 2.37. The number of ether oxygens (including phenoxy) is 1. The van der Waals surface area contributed by atoms with Crippen LogP contribution in [0.15, 0.2) is 0 Å². The highest BCUT2D eigenvalue weighted by atomic mass is 16.5. The standard InChI is InChI=1S/C17H34N2O2/c1-15(2)11-18-12-17(7-10-21-14-17)13-19-8-4-5-16(3,20)6-9-19/h15,18,20H,4-14H2,1-3H3. The Labute approximate surface area is 130 Å². The van der Waals surface area contributed by atoms with Crippen LogP contribution in [0.3, 0.4) is 0 Å². The third kappa shape index (κ3) is 5.51. The van der Waals surface area contributed by atoms with E-state index in [1.807, 2.05) is 6.92 Å². The van der Waals surface area contributed by atoms with Gasteiger partial charge in [0, 0.05) is 31.7 Å². The molecule has 2 N–H and O–H groups in total. The van der Waals surface area contributed by atoms with Crippen LogP contribution in [0.5, 0.6) is 0 Å². The van der Waals surface area contributed by atoms with Gasteiger partial charge in [-0.25, -0.2) is 0 Å². The normalized spacial score (nSPS) is 35.3. The second-order valence-electron chi connectivity index (χ2n) is 7.95. The fourth-order valence-electron chi connectivity index (χ4n) is 3.55. The minimum absolute atomic E-state index is 0.269. The Morgan fingerprint density at radius 2 is 2.05 bits per heavy atom. The molecule has 2 saturated heterocycles. The first-order valence-corrected chi connectivity index (χ1v) is 8.64. The Bertz CT molecular complexity index is 312. The number of likely N-dealkylation sites (tertiary alicyclic amines) is 1. The van der Waals surface area contributed by atoms with E-state index >= 15 is 0 Å². The van der Waals surface area contributed by atoms with Crippen molar-refractivity contribution in [3.63, 3.8) is 0 Å². The van der Waals surface area contributed by atoms with Crippen molar-refractivity contribution < 1.29 is 9.84 Å². The molecule has 2 heterocycles. The Morgan fingerprint density at radius 3 is 2.71 bits per heavy atom. The van der Waals surface area contributed by atoms with E-state index in [0.717, 1.165) is 71.6 Å². The van der Waals surface area contributed by atoms with Gasteiger partial charge in [0.25, 0.3) is 0 Å². The lowest BCUT2D eigenvalue weighted by Gasteiger charge is -2.34. The highest BCUT2D eigenvalue weighted by molar-refractivity contribution is 4.90. The molecule has 0 spiro atoms. The number of rotatable bonds is 6. The maximum absolute atomic E-state index is 10.2. The lowest BCUT2D eigenvalue weighted by molar-refractivity contribution is 0.0420. The summed E-state index contributed by atoms with van der Waals surface area (Å²) in [5, 5.41) is 13.9. The molecule has 0 saturated carbocycles. The molecule has 4 nitrogen and oxygen atoms in total. The van der Waals surface area contributed by atoms with Crippen LogP contribution in [0.2, 0.25) is 0 Å². The Hall–Kier alpha value is -0.160. The minimum Gasteiger partial charge on any atom is -0.390 e. The molecule has 2 fully saturated rings. The molecule has 0 radical (unpaired) electrons. The van der Waals surface area contributed by atoms with Crippen LogP contribution >= 0.6 is 0 Å². The number of hydrogen-bond donors (Lipinski definition) is 2. The summed E-state index contributed by atoms with van der Waals surface area (Å²) < 4.78 is 5.72. The monoisotopic (exact) mass is 298 g/mol. The number of nitrogens with one attached hydrogen (secondary N) is 1. The molecule has 2 rings (SSSR count). The summed E-state index contributed by atoms with van der Waals surface area (Å²) in [5.41, 5.74) is -0.199. The molecule has 0 amide bonds. The van der Waals surface area contributed by atoms with Gasteiger partial charge in [0.15, 0.2) is 0 Å². The molecular formula is C17H34N2O2. The zero-order chi connectivity index (χ0) is 15.3. The van der Waals surface area contributed by atoms with Gasteiger partial charge >= 0.3 is 0 Å². The fraction of sp³-hybridized carbons (Fsp3) is 1.00. The molecular weight excluding hydrogens is 264 g/mol. The van der Waals surface area contributed by atoms with Gasteiger partial charge in [0.2, 0.25) is 0 Å². The average Bonchev–Trinajstić information content (AvgIpc) is 2.77. The predicted molar refractivity (Wildman–Crippen MR) is 86.5 cm³/mol. The van der Waals surface area contributed by atoms with E-state index in [1.165, 1.54) is 0 Å². The quantitative estimate of drug-likeness (QED) is 0.786. The van der Waals surface area contributed by atoms with Crippen molar-refractivity contribution in [3.05, 3.63) is 0 Å². The zero-order valence-electron chi connectivity index (χ0n) is 14.2. The first-order valence-electron chi connectivity index (χ1n) is 8.64. The van der Waals surface area contributed by atoms with E-state index in [4.69, 9.17) is 4.74 Å². The molecule has 0 bridgehead atoms. The van der Waals surface area contributed by atoms with Crippen LogP contribution in [0, 0.1) is 11.3 Å². The van der Waals surface area contributed by atoms with Gasteiger partial charge < -0.3 is 20.1 Å². The topological polar surface area (TPSA) is 44.7 Å². The molecule has 0 aromatic rings. The van der Waals surface area contributed by atoms with Gasteiger partial charge in [-0.05, 0) is 51.6 Å². The molecule has 2 atom stereocenters. The van der Waals surface area contributed by atoms with Crippen molar-refractivity contribution in [2.45, 2.75) is 52.1 Å².